The van der Waals surface area contributed by atoms with Crippen LogP contribution in [0.25, 0.3) is 21.5 Å². The smallest absolute Gasteiger partial charge is 0.233 e. The summed E-state index contributed by atoms with van der Waals surface area (Å²) in [6.45, 7) is 5.71. The van der Waals surface area contributed by atoms with Crippen LogP contribution >= 0.6 is 0 Å². The summed E-state index contributed by atoms with van der Waals surface area (Å²) in [5.41, 5.74) is 1.85. The number of methoxy groups -OCH3 is 1. The molecule has 0 radical (unpaired) electrons. The Balaban J connectivity index is 1.64. The normalized spacial score (nSPS) is 19.6. The van der Waals surface area contributed by atoms with Crippen LogP contribution in [0.1, 0.15) is 76.8 Å². The number of allylic oxidation sites excluding steroid dienone is 4. The van der Waals surface area contributed by atoms with Gasteiger partial charge in [-0.15, -0.1) is 0 Å². The molecule has 376 valence electrons. The van der Waals surface area contributed by atoms with E-state index in [2.05, 4.69) is 5.43 Å². The van der Waals surface area contributed by atoms with E-state index < -0.39 is 86.8 Å². The van der Waals surface area contributed by atoms with Gasteiger partial charge < -0.3 is 32.4 Å². The number of unbranched alkanes of at least 4 members (excludes halogenated alkanes) is 2. The lowest BCUT2D eigenvalue weighted by molar-refractivity contribution is -0.438. The number of amides is 1. The standard InChI is InChI=1S/C43H52N4O17S5/c1-5-46-33-16-14-29-31(23-27(66(52,53)54)25-35(29)68(58,59)60)40(33)42(2,18-10-22-65(49,50)51)37(46)11-9-12-38-43(3,19-21-64-4)41-32-24-28(67(55,56)57)26-36(69(61,62)63)30(32)15-17-34(41)47(38)20-8-6-7-13-39(48)45-44/h9,11-12,14-17,23-26H,5-8,10,13,18-22,44H2,1-4H3,(H5-,45,48,49,50,51,52,53,54,55,56,57,58,59,60,61,62,63)/p-4. The summed E-state index contributed by atoms with van der Waals surface area (Å²) in [5, 5.41) is -0.483. The number of carbonyl (C=O) groups excluding carboxylic acids is 1. The second-order valence-corrected chi connectivity index (χ2v) is 24.1. The molecular weight excluding hydrogens is 1000 g/mol. The summed E-state index contributed by atoms with van der Waals surface area (Å²) in [7, 11) is -24.8. The van der Waals surface area contributed by atoms with Gasteiger partial charge in [-0.2, -0.15) is 4.58 Å². The summed E-state index contributed by atoms with van der Waals surface area (Å²) in [4.78, 5) is 9.79. The molecule has 0 aliphatic carbocycles. The van der Waals surface area contributed by atoms with E-state index in [0.717, 1.165) is 12.1 Å². The fourth-order valence-electron chi connectivity index (χ4n) is 9.73. The molecule has 69 heavy (non-hydrogen) atoms. The lowest BCUT2D eigenvalue weighted by Crippen LogP contribution is -2.33. The Morgan fingerprint density at radius 2 is 1.29 bits per heavy atom. The zero-order chi connectivity index (χ0) is 51.3. The summed E-state index contributed by atoms with van der Waals surface area (Å²) in [5.74, 6) is 4.05. The highest BCUT2D eigenvalue weighted by atomic mass is 32.2. The quantitative estimate of drug-likeness (QED) is 0.0320. The van der Waals surface area contributed by atoms with Crippen LogP contribution in [-0.4, -0.2) is 114 Å². The first-order valence-electron chi connectivity index (χ1n) is 21.2. The average Bonchev–Trinajstić information content (AvgIpc) is 3.63. The topological polar surface area (TPSA) is 357 Å². The van der Waals surface area contributed by atoms with Crippen molar-refractivity contribution in [3.63, 3.8) is 0 Å². The Bertz CT molecular complexity index is 3450. The highest BCUT2D eigenvalue weighted by molar-refractivity contribution is 7.87. The SMILES string of the molecule is CCN1/C(=C/C=C/C2=[N+](CCCCCC(=O)NN)c3ccc4c(S(=O)(=O)[O-])cc(S(=O)(=O)[O-])cc4c3C2(C)CCOC)C(C)(CCCS(=O)(=O)[O-])c2c1ccc1c(S(=O)(=O)[O-])cc(S(=O)(=O)[O-])cc21. The first kappa shape index (κ1) is 53.6. The van der Waals surface area contributed by atoms with Crippen LogP contribution in [0.2, 0.25) is 0 Å². The number of hydrazine groups is 1. The predicted octanol–water partition coefficient (Wildman–Crippen LogP) is 3.12. The van der Waals surface area contributed by atoms with Crippen LogP contribution in [0.3, 0.4) is 0 Å². The van der Waals surface area contributed by atoms with Crippen LogP contribution in [-0.2, 0) is 71.0 Å². The minimum atomic E-state index is -5.40. The van der Waals surface area contributed by atoms with Gasteiger partial charge in [0.1, 0.15) is 47.0 Å². The third-order valence-corrected chi connectivity index (χ3v) is 16.9. The Morgan fingerprint density at radius 3 is 1.80 bits per heavy atom. The largest absolute Gasteiger partial charge is 0.748 e. The summed E-state index contributed by atoms with van der Waals surface area (Å²) in [6.07, 6.45) is 6.31. The number of benzene rings is 4. The Morgan fingerprint density at radius 1 is 0.725 bits per heavy atom. The van der Waals surface area contributed by atoms with Crippen molar-refractivity contribution in [3.8, 4) is 0 Å². The van der Waals surface area contributed by atoms with Gasteiger partial charge >= 0.3 is 0 Å². The molecule has 2 aliphatic rings. The van der Waals surface area contributed by atoms with Gasteiger partial charge in [0.15, 0.2) is 5.71 Å². The molecular formula is C43H48N4O17S5-4. The number of carbonyl (C=O) groups is 1. The van der Waals surface area contributed by atoms with Crippen LogP contribution in [0.4, 0.5) is 11.4 Å². The van der Waals surface area contributed by atoms with Crippen molar-refractivity contribution < 1.29 is 79.0 Å². The van der Waals surface area contributed by atoms with Crippen molar-refractivity contribution in [1.29, 1.82) is 0 Å². The van der Waals surface area contributed by atoms with Gasteiger partial charge in [-0.3, -0.25) is 10.2 Å². The molecule has 21 nitrogen and oxygen atoms in total. The summed E-state index contributed by atoms with van der Waals surface area (Å²) < 4.78 is 193. The molecule has 0 saturated carbocycles. The van der Waals surface area contributed by atoms with Crippen LogP contribution in [0, 0.1) is 0 Å². The molecule has 0 fully saturated rings. The van der Waals surface area contributed by atoms with E-state index in [1.807, 2.05) is 4.58 Å². The van der Waals surface area contributed by atoms with E-state index in [0.29, 0.717) is 59.7 Å². The molecule has 2 aliphatic heterocycles. The maximum absolute atomic E-state index is 12.6. The van der Waals surface area contributed by atoms with E-state index in [1.54, 1.807) is 50.0 Å². The number of fused-ring (bicyclic) bond motifs is 6. The molecule has 3 N–H and O–H groups in total. The van der Waals surface area contributed by atoms with Crippen molar-refractivity contribution in [2.45, 2.75) is 96.1 Å². The van der Waals surface area contributed by atoms with Gasteiger partial charge in [0.25, 0.3) is 0 Å². The number of ether oxygens (including phenoxy) is 1. The summed E-state index contributed by atoms with van der Waals surface area (Å²) in [6, 6.07) is 8.67. The van der Waals surface area contributed by atoms with Crippen LogP contribution in [0.5, 0.6) is 0 Å². The lowest BCUT2D eigenvalue weighted by atomic mass is 9.74. The van der Waals surface area contributed by atoms with E-state index in [1.165, 1.54) is 25.3 Å². The van der Waals surface area contributed by atoms with Crippen molar-refractivity contribution in [3.05, 3.63) is 83.6 Å². The number of nitrogens with one attached hydrogen (secondary N) is 1. The van der Waals surface area contributed by atoms with Crippen LogP contribution < -0.4 is 16.2 Å². The third-order valence-electron chi connectivity index (χ3n) is 12.8. The van der Waals surface area contributed by atoms with Crippen molar-refractivity contribution >= 4 is 95.1 Å². The summed E-state index contributed by atoms with van der Waals surface area (Å²) >= 11 is 0. The lowest BCUT2D eigenvalue weighted by Gasteiger charge is -2.31. The van der Waals surface area contributed by atoms with Crippen LogP contribution in [0.15, 0.2) is 92.0 Å². The molecule has 2 atom stereocenters. The highest BCUT2D eigenvalue weighted by Crippen LogP contribution is 2.54. The molecule has 0 spiro atoms. The molecule has 1 amide bonds. The first-order valence-corrected chi connectivity index (χ1v) is 28.4. The Labute approximate surface area is 400 Å². The molecule has 0 bridgehead atoms. The molecule has 2 unspecified atom stereocenters. The third kappa shape index (κ3) is 10.8. The molecule has 2 heterocycles. The molecule has 4 aromatic rings. The van der Waals surface area contributed by atoms with Gasteiger partial charge in [-0.1, -0.05) is 12.1 Å². The average molecular weight is 1050 g/mol. The molecule has 0 aromatic heterocycles. The first-order chi connectivity index (χ1) is 31.9. The Kier molecular flexibility index (Phi) is 15.1. The van der Waals surface area contributed by atoms with Crippen molar-refractivity contribution in [1.82, 2.24) is 5.43 Å². The fourth-order valence-corrected chi connectivity index (χ4v) is 12.9. The van der Waals surface area contributed by atoms with Crippen molar-refractivity contribution in [2.24, 2.45) is 5.84 Å². The minimum Gasteiger partial charge on any atom is -0.748 e. The molecule has 0 saturated heterocycles. The van der Waals surface area contributed by atoms with Gasteiger partial charge in [-0.25, -0.2) is 47.9 Å². The number of hydrogen-bond acceptors (Lipinski definition) is 19. The number of nitrogens with zero attached hydrogens (tertiary/aromatic N) is 2. The molecule has 6 rings (SSSR count). The monoisotopic (exact) mass is 1050 g/mol. The number of nitrogens with two attached hydrogens (primary N) is 1. The fraction of sp³-hybridized carbons (Fsp3) is 0.395. The molecule has 4 aromatic carbocycles. The zero-order valence-corrected chi connectivity index (χ0v) is 41.7. The number of likely N-dealkylation sites (N-methyl/N-ethyl adjacent to an activating group) is 1. The van der Waals surface area contributed by atoms with Gasteiger partial charge in [0.05, 0.1) is 35.1 Å². The zero-order valence-electron chi connectivity index (χ0n) is 37.6. The molecule has 26 heteroatoms. The minimum absolute atomic E-state index is 0.0149. The van der Waals surface area contributed by atoms with Gasteiger partial charge in [-0.05, 0) is 117 Å². The van der Waals surface area contributed by atoms with E-state index in [-0.39, 0.29) is 78.4 Å². The number of hydrogen-bond donors (Lipinski definition) is 2. The highest BCUT2D eigenvalue weighted by Gasteiger charge is 2.49. The Hall–Kier alpha value is -4.71. The second-order valence-electron chi connectivity index (χ2n) is 17.1. The maximum atomic E-state index is 12.6. The van der Waals surface area contributed by atoms with E-state index in [4.69, 9.17) is 10.6 Å². The number of anilines is 1. The van der Waals surface area contributed by atoms with Gasteiger partial charge in [0, 0.05) is 78.7 Å². The number of rotatable bonds is 20. The second kappa shape index (κ2) is 19.5. The van der Waals surface area contributed by atoms with E-state index in [9.17, 15) is 69.6 Å². The van der Waals surface area contributed by atoms with Gasteiger partial charge in [0.2, 0.25) is 11.6 Å². The van der Waals surface area contributed by atoms with E-state index >= 15 is 0 Å². The van der Waals surface area contributed by atoms with Crippen molar-refractivity contribution in [2.75, 3.05) is 37.5 Å². The predicted molar refractivity (Wildman–Crippen MR) is 246 cm³/mol. The maximum Gasteiger partial charge on any atom is 0.233 e.